The lowest BCUT2D eigenvalue weighted by Crippen LogP contribution is -2.41. The van der Waals surface area contributed by atoms with Crippen molar-refractivity contribution in [2.45, 2.75) is 154 Å². The minimum atomic E-state index is -1.28. The van der Waals surface area contributed by atoms with Crippen molar-refractivity contribution in [3.05, 3.63) is 24.0 Å². The van der Waals surface area contributed by atoms with Crippen molar-refractivity contribution in [3.8, 4) is 0 Å². The Balaban J connectivity index is 2.12. The third-order valence-corrected chi connectivity index (χ3v) is 7.09. The monoisotopic (exact) mass is 492 g/mol. The summed E-state index contributed by atoms with van der Waals surface area (Å²) < 4.78 is 11.9. The number of carbonyl (C=O) groups is 1. The highest BCUT2D eigenvalue weighted by Crippen LogP contribution is 2.29. The Kier molecular flexibility index (Phi) is 19.9. The fourth-order valence-corrected chi connectivity index (χ4v) is 4.73. The van der Waals surface area contributed by atoms with Crippen LogP contribution in [0.5, 0.6) is 0 Å². The van der Waals surface area contributed by atoms with Gasteiger partial charge in [-0.25, -0.2) is 4.79 Å². The highest BCUT2D eigenvalue weighted by Gasteiger charge is 2.39. The summed E-state index contributed by atoms with van der Waals surface area (Å²) in [7, 11) is 0. The average Bonchev–Trinajstić information content (AvgIpc) is 2.86. The molecule has 0 saturated carbocycles. The molecule has 0 aliphatic heterocycles. The van der Waals surface area contributed by atoms with E-state index in [0.29, 0.717) is 13.2 Å². The number of allylic oxidation sites excluding steroid dienone is 2. The number of carboxylic acid groups (broad SMARTS) is 1. The van der Waals surface area contributed by atoms with Crippen molar-refractivity contribution >= 4 is 5.97 Å². The van der Waals surface area contributed by atoms with Gasteiger partial charge in [0.25, 0.3) is 0 Å². The molecule has 0 heterocycles. The maximum absolute atomic E-state index is 12.0. The van der Waals surface area contributed by atoms with Crippen molar-refractivity contribution < 1.29 is 19.4 Å². The van der Waals surface area contributed by atoms with Crippen LogP contribution in [0.15, 0.2) is 24.0 Å². The highest BCUT2D eigenvalue weighted by atomic mass is 16.5. The molecule has 0 aromatic carbocycles. The van der Waals surface area contributed by atoms with Gasteiger partial charge in [0.2, 0.25) is 0 Å². The first kappa shape index (κ1) is 31.7. The first-order valence-corrected chi connectivity index (χ1v) is 15.0. The zero-order valence-corrected chi connectivity index (χ0v) is 23.2. The summed E-state index contributed by atoms with van der Waals surface area (Å²) in [4.78, 5) is 12.0. The predicted molar refractivity (Wildman–Crippen MR) is 148 cm³/mol. The number of ether oxygens (including phenoxy) is 2. The number of carboxylic acids is 1. The number of hydrogen-bond donors (Lipinski definition) is 1. The van der Waals surface area contributed by atoms with Crippen LogP contribution in [-0.2, 0) is 14.3 Å². The van der Waals surface area contributed by atoms with Gasteiger partial charge in [0.05, 0.1) is 12.4 Å². The van der Waals surface area contributed by atoms with Crippen LogP contribution in [0.2, 0.25) is 0 Å². The van der Waals surface area contributed by atoms with Crippen molar-refractivity contribution in [1.29, 1.82) is 0 Å². The van der Waals surface area contributed by atoms with E-state index in [1.807, 2.05) is 6.08 Å². The van der Waals surface area contributed by atoms with Gasteiger partial charge in [-0.1, -0.05) is 135 Å². The second-order valence-corrected chi connectivity index (χ2v) is 10.4. The van der Waals surface area contributed by atoms with E-state index in [2.05, 4.69) is 13.8 Å². The van der Waals surface area contributed by atoms with Crippen molar-refractivity contribution in [2.75, 3.05) is 13.2 Å². The van der Waals surface area contributed by atoms with Gasteiger partial charge in [0.1, 0.15) is 0 Å². The molecule has 0 spiro atoms. The van der Waals surface area contributed by atoms with Crippen molar-refractivity contribution in [2.24, 2.45) is 0 Å². The molecular weight excluding hydrogens is 436 g/mol. The average molecular weight is 493 g/mol. The Hall–Kier alpha value is -1.29. The number of unbranched alkanes of at least 4 members (excludes halogenated alkanes) is 18. The minimum Gasteiger partial charge on any atom is -0.498 e. The van der Waals surface area contributed by atoms with E-state index >= 15 is 0 Å². The predicted octanol–water partition coefficient (Wildman–Crippen LogP) is 9.53. The normalized spacial score (nSPS) is 17.5. The summed E-state index contributed by atoms with van der Waals surface area (Å²) in [5.74, 6) is -0.192. The Morgan fingerprint density at radius 3 is 1.60 bits per heavy atom. The molecule has 0 saturated heterocycles. The van der Waals surface area contributed by atoms with Crippen molar-refractivity contribution in [3.63, 3.8) is 0 Å². The molecule has 0 amide bonds. The molecule has 0 aromatic rings. The van der Waals surface area contributed by atoms with Gasteiger partial charge in [0, 0.05) is 13.0 Å². The summed E-state index contributed by atoms with van der Waals surface area (Å²) in [6.45, 7) is 5.65. The van der Waals surface area contributed by atoms with Crippen LogP contribution in [0, 0.1) is 0 Å². The molecule has 1 rings (SSSR count). The van der Waals surface area contributed by atoms with E-state index in [-0.39, 0.29) is 6.42 Å². The molecule has 0 fully saturated rings. The number of rotatable bonds is 25. The molecule has 204 valence electrons. The molecule has 0 radical (unpaired) electrons. The van der Waals surface area contributed by atoms with E-state index in [4.69, 9.17) is 9.47 Å². The van der Waals surface area contributed by atoms with Gasteiger partial charge < -0.3 is 14.6 Å². The molecule has 4 heteroatoms. The summed E-state index contributed by atoms with van der Waals surface area (Å²) in [6, 6.07) is 0. The second kappa shape index (κ2) is 21.9. The number of hydrogen-bond acceptors (Lipinski definition) is 3. The van der Waals surface area contributed by atoms with Crippen molar-refractivity contribution in [1.82, 2.24) is 0 Å². The molecule has 1 N–H and O–H groups in total. The van der Waals surface area contributed by atoms with Crippen LogP contribution in [-0.4, -0.2) is 29.9 Å². The molecule has 1 atom stereocenters. The summed E-state index contributed by atoms with van der Waals surface area (Å²) in [6.07, 6.45) is 31.1. The summed E-state index contributed by atoms with van der Waals surface area (Å²) >= 11 is 0. The van der Waals surface area contributed by atoms with Gasteiger partial charge in [-0.05, 0) is 25.0 Å². The summed E-state index contributed by atoms with van der Waals surface area (Å²) in [5.41, 5.74) is -1.28. The van der Waals surface area contributed by atoms with Crippen LogP contribution < -0.4 is 0 Å². The van der Waals surface area contributed by atoms with E-state index < -0.39 is 11.6 Å². The zero-order valence-electron chi connectivity index (χ0n) is 23.2. The molecule has 0 aromatic heterocycles. The molecule has 1 aliphatic rings. The van der Waals surface area contributed by atoms with Crippen LogP contribution in [0.3, 0.4) is 0 Å². The van der Waals surface area contributed by atoms with Gasteiger partial charge in [-0.15, -0.1) is 0 Å². The molecule has 4 nitrogen and oxygen atoms in total. The number of aliphatic carboxylic acids is 1. The third kappa shape index (κ3) is 16.1. The maximum atomic E-state index is 12.0. The zero-order chi connectivity index (χ0) is 25.5. The standard InChI is InChI=1S/C31H56O4/c1-3-5-7-9-11-13-15-17-19-21-26-34-29-24-23-25-31(28-29,30(32)33)35-27-22-20-18-16-14-12-10-8-6-4-2/h23-25H,3-22,26-28H2,1-2H3,(H,32,33). The van der Waals surface area contributed by atoms with Gasteiger partial charge >= 0.3 is 5.97 Å². The lowest BCUT2D eigenvalue weighted by atomic mass is 9.93. The van der Waals surface area contributed by atoms with Crippen LogP contribution in [0.4, 0.5) is 0 Å². The fraction of sp³-hybridized carbons (Fsp3) is 0.839. The molecule has 1 unspecified atom stereocenters. The Labute approximate surface area is 216 Å². The molecule has 0 bridgehead atoms. The lowest BCUT2D eigenvalue weighted by molar-refractivity contribution is -0.160. The van der Waals surface area contributed by atoms with E-state index in [1.165, 1.54) is 109 Å². The topological polar surface area (TPSA) is 55.8 Å². The maximum Gasteiger partial charge on any atom is 0.340 e. The van der Waals surface area contributed by atoms with E-state index in [0.717, 1.165) is 25.0 Å². The van der Waals surface area contributed by atoms with Crippen LogP contribution in [0.1, 0.15) is 149 Å². The quantitative estimate of drug-likeness (QED) is 0.129. The third-order valence-electron chi connectivity index (χ3n) is 7.09. The van der Waals surface area contributed by atoms with Crippen LogP contribution >= 0.6 is 0 Å². The van der Waals surface area contributed by atoms with Crippen LogP contribution in [0.25, 0.3) is 0 Å². The first-order valence-electron chi connectivity index (χ1n) is 15.0. The minimum absolute atomic E-state index is 0.286. The molecule has 35 heavy (non-hydrogen) atoms. The van der Waals surface area contributed by atoms with Gasteiger partial charge in [0.15, 0.2) is 5.60 Å². The largest absolute Gasteiger partial charge is 0.498 e. The Bertz CT molecular complexity index is 568. The van der Waals surface area contributed by atoms with Gasteiger partial charge in [-0.3, -0.25) is 0 Å². The smallest absolute Gasteiger partial charge is 0.340 e. The Morgan fingerprint density at radius 2 is 1.14 bits per heavy atom. The lowest BCUT2D eigenvalue weighted by Gasteiger charge is -2.29. The van der Waals surface area contributed by atoms with E-state index in [1.54, 1.807) is 12.2 Å². The Morgan fingerprint density at radius 1 is 0.714 bits per heavy atom. The van der Waals surface area contributed by atoms with E-state index in [9.17, 15) is 9.90 Å². The molecule has 1 aliphatic carbocycles. The molecular formula is C31H56O4. The fourth-order valence-electron chi connectivity index (χ4n) is 4.73. The highest BCUT2D eigenvalue weighted by molar-refractivity contribution is 5.81. The first-order chi connectivity index (χ1) is 17.1. The van der Waals surface area contributed by atoms with Gasteiger partial charge in [-0.2, -0.15) is 0 Å². The summed E-state index contributed by atoms with van der Waals surface area (Å²) in [5, 5.41) is 9.87. The second-order valence-electron chi connectivity index (χ2n) is 10.4. The SMILES string of the molecule is CCCCCCCCCCCCOC1=CC=CC(OCCCCCCCCCCCC)(C(=O)O)C1.